The van der Waals surface area contributed by atoms with Crippen molar-refractivity contribution in [2.75, 3.05) is 13.1 Å². The largest absolute Gasteiger partial charge is 0.299 e. The SMILES string of the molecule is CC1(C)CCN(Cc2cc(F)cc(Br)c2)CC1. The molecule has 0 atom stereocenters. The molecule has 0 N–H and O–H groups in total. The van der Waals surface area contributed by atoms with Crippen LogP contribution in [0.3, 0.4) is 0 Å². The molecule has 1 saturated heterocycles. The number of hydrogen-bond donors (Lipinski definition) is 0. The molecular weight excluding hydrogens is 281 g/mol. The average molecular weight is 300 g/mol. The van der Waals surface area contributed by atoms with Gasteiger partial charge in [-0.2, -0.15) is 0 Å². The molecule has 0 radical (unpaired) electrons. The van der Waals surface area contributed by atoms with Crippen molar-refractivity contribution >= 4 is 15.9 Å². The van der Waals surface area contributed by atoms with Gasteiger partial charge in [-0.3, -0.25) is 4.90 Å². The fraction of sp³-hybridized carbons (Fsp3) is 0.571. The van der Waals surface area contributed by atoms with Gasteiger partial charge in [0, 0.05) is 11.0 Å². The third-order valence-electron chi connectivity index (χ3n) is 3.54. The minimum atomic E-state index is -0.160. The minimum absolute atomic E-state index is 0.160. The summed E-state index contributed by atoms with van der Waals surface area (Å²) in [6, 6.07) is 5.14. The van der Waals surface area contributed by atoms with Crippen molar-refractivity contribution in [2.45, 2.75) is 33.2 Å². The van der Waals surface area contributed by atoms with Gasteiger partial charge >= 0.3 is 0 Å². The van der Waals surface area contributed by atoms with E-state index in [1.807, 2.05) is 6.07 Å². The molecule has 0 aliphatic carbocycles. The highest BCUT2D eigenvalue weighted by Gasteiger charge is 2.25. The zero-order valence-electron chi connectivity index (χ0n) is 10.5. The van der Waals surface area contributed by atoms with E-state index < -0.39 is 0 Å². The van der Waals surface area contributed by atoms with Crippen LogP contribution in [-0.4, -0.2) is 18.0 Å². The number of likely N-dealkylation sites (tertiary alicyclic amines) is 1. The van der Waals surface area contributed by atoms with Gasteiger partial charge in [-0.15, -0.1) is 0 Å². The van der Waals surface area contributed by atoms with Gasteiger partial charge in [0.25, 0.3) is 0 Å². The van der Waals surface area contributed by atoms with Gasteiger partial charge in [0.05, 0.1) is 0 Å². The van der Waals surface area contributed by atoms with Gasteiger partial charge in [-0.1, -0.05) is 29.8 Å². The van der Waals surface area contributed by atoms with Crippen LogP contribution in [0.25, 0.3) is 0 Å². The molecule has 94 valence electrons. The van der Waals surface area contributed by atoms with Gasteiger partial charge in [-0.25, -0.2) is 4.39 Å². The van der Waals surface area contributed by atoms with Crippen LogP contribution in [0.15, 0.2) is 22.7 Å². The topological polar surface area (TPSA) is 3.24 Å². The van der Waals surface area contributed by atoms with Crippen LogP contribution < -0.4 is 0 Å². The van der Waals surface area contributed by atoms with Gasteiger partial charge in [0.2, 0.25) is 0 Å². The molecule has 0 amide bonds. The summed E-state index contributed by atoms with van der Waals surface area (Å²) in [5, 5.41) is 0. The Labute approximate surface area is 111 Å². The van der Waals surface area contributed by atoms with Gasteiger partial charge in [0.1, 0.15) is 5.82 Å². The lowest BCUT2D eigenvalue weighted by Gasteiger charge is -2.36. The van der Waals surface area contributed by atoms with E-state index in [-0.39, 0.29) is 5.82 Å². The molecule has 0 spiro atoms. The minimum Gasteiger partial charge on any atom is -0.299 e. The van der Waals surface area contributed by atoms with E-state index in [0.29, 0.717) is 5.41 Å². The summed E-state index contributed by atoms with van der Waals surface area (Å²) in [6.45, 7) is 7.72. The second-order valence-electron chi connectivity index (χ2n) is 5.72. The summed E-state index contributed by atoms with van der Waals surface area (Å²) in [5.74, 6) is -0.160. The van der Waals surface area contributed by atoms with E-state index in [9.17, 15) is 4.39 Å². The summed E-state index contributed by atoms with van der Waals surface area (Å²) in [7, 11) is 0. The first-order valence-corrected chi connectivity index (χ1v) is 6.91. The molecule has 3 heteroatoms. The van der Waals surface area contributed by atoms with Crippen LogP contribution in [0.1, 0.15) is 32.3 Å². The third kappa shape index (κ3) is 3.78. The lowest BCUT2D eigenvalue weighted by atomic mass is 9.82. The van der Waals surface area contributed by atoms with Crippen molar-refractivity contribution in [3.05, 3.63) is 34.1 Å². The molecule has 17 heavy (non-hydrogen) atoms. The molecular formula is C14H19BrFN. The smallest absolute Gasteiger partial charge is 0.124 e. The van der Waals surface area contributed by atoms with E-state index in [1.165, 1.54) is 18.9 Å². The van der Waals surface area contributed by atoms with E-state index in [1.54, 1.807) is 6.07 Å². The van der Waals surface area contributed by atoms with E-state index in [2.05, 4.69) is 34.7 Å². The normalized spacial score (nSPS) is 20.5. The maximum Gasteiger partial charge on any atom is 0.124 e. The van der Waals surface area contributed by atoms with Crippen LogP contribution in [0.2, 0.25) is 0 Å². The lowest BCUT2D eigenvalue weighted by Crippen LogP contribution is -2.36. The van der Waals surface area contributed by atoms with Crippen molar-refractivity contribution in [1.82, 2.24) is 4.90 Å². The quantitative estimate of drug-likeness (QED) is 0.791. The Morgan fingerprint density at radius 2 is 1.88 bits per heavy atom. The highest BCUT2D eigenvalue weighted by Crippen LogP contribution is 2.30. The number of halogens is 2. The monoisotopic (exact) mass is 299 g/mol. The highest BCUT2D eigenvalue weighted by molar-refractivity contribution is 9.10. The molecule has 1 heterocycles. The van der Waals surface area contributed by atoms with Crippen LogP contribution in [-0.2, 0) is 6.54 Å². The average Bonchev–Trinajstić information content (AvgIpc) is 2.20. The molecule has 0 unspecified atom stereocenters. The van der Waals surface area contributed by atoms with Crippen LogP contribution >= 0.6 is 15.9 Å². The predicted octanol–water partition coefficient (Wildman–Crippen LogP) is 4.21. The van der Waals surface area contributed by atoms with Crippen LogP contribution in [0, 0.1) is 11.2 Å². The molecule has 1 aliphatic rings. The van der Waals surface area contributed by atoms with Crippen molar-refractivity contribution < 1.29 is 4.39 Å². The Hall–Kier alpha value is -0.410. The molecule has 1 aliphatic heterocycles. The molecule has 1 aromatic carbocycles. The number of piperidine rings is 1. The summed E-state index contributed by atoms with van der Waals surface area (Å²) in [6.07, 6.45) is 2.45. The number of hydrogen-bond acceptors (Lipinski definition) is 1. The van der Waals surface area contributed by atoms with E-state index in [4.69, 9.17) is 0 Å². The Balaban J connectivity index is 1.97. The van der Waals surface area contributed by atoms with Crippen molar-refractivity contribution in [1.29, 1.82) is 0 Å². The summed E-state index contributed by atoms with van der Waals surface area (Å²) >= 11 is 3.34. The Kier molecular flexibility index (Phi) is 3.88. The van der Waals surface area contributed by atoms with Crippen molar-refractivity contribution in [3.8, 4) is 0 Å². The maximum atomic E-state index is 13.3. The second-order valence-corrected chi connectivity index (χ2v) is 6.63. The molecule has 2 rings (SSSR count). The molecule has 0 bridgehead atoms. The van der Waals surface area contributed by atoms with Gasteiger partial charge < -0.3 is 0 Å². The second kappa shape index (κ2) is 5.07. The Morgan fingerprint density at radius 3 is 2.47 bits per heavy atom. The highest BCUT2D eigenvalue weighted by atomic mass is 79.9. The number of nitrogens with zero attached hydrogens (tertiary/aromatic N) is 1. The molecule has 1 nitrogen and oxygen atoms in total. The van der Waals surface area contributed by atoms with Crippen LogP contribution in [0.4, 0.5) is 4.39 Å². The van der Waals surface area contributed by atoms with Gasteiger partial charge in [0.15, 0.2) is 0 Å². The summed E-state index contributed by atoms with van der Waals surface area (Å²) in [5.41, 5.74) is 1.52. The van der Waals surface area contributed by atoms with E-state index in [0.717, 1.165) is 29.7 Å². The van der Waals surface area contributed by atoms with Crippen molar-refractivity contribution in [2.24, 2.45) is 5.41 Å². The molecule has 0 saturated carbocycles. The third-order valence-corrected chi connectivity index (χ3v) is 4.00. The Bertz CT molecular complexity index is 373. The number of rotatable bonds is 2. The Morgan fingerprint density at radius 1 is 1.24 bits per heavy atom. The van der Waals surface area contributed by atoms with Crippen LogP contribution in [0.5, 0.6) is 0 Å². The zero-order chi connectivity index (χ0) is 12.5. The summed E-state index contributed by atoms with van der Waals surface area (Å²) < 4.78 is 14.1. The standard InChI is InChI=1S/C14H19BrFN/c1-14(2)3-5-17(6-4-14)10-11-7-12(15)9-13(16)8-11/h7-9H,3-6,10H2,1-2H3. The van der Waals surface area contributed by atoms with E-state index >= 15 is 0 Å². The molecule has 1 aromatic rings. The first-order chi connectivity index (χ1) is 7.94. The predicted molar refractivity (Wildman–Crippen MR) is 72.4 cm³/mol. The fourth-order valence-corrected chi connectivity index (χ4v) is 2.79. The maximum absolute atomic E-state index is 13.3. The fourth-order valence-electron chi connectivity index (χ4n) is 2.28. The molecule has 1 fully saturated rings. The first-order valence-electron chi connectivity index (χ1n) is 6.12. The molecule has 0 aromatic heterocycles. The zero-order valence-corrected chi connectivity index (χ0v) is 12.1. The summed E-state index contributed by atoms with van der Waals surface area (Å²) in [4.78, 5) is 2.41. The number of benzene rings is 1. The van der Waals surface area contributed by atoms with Crippen molar-refractivity contribution in [3.63, 3.8) is 0 Å². The first kappa shape index (κ1) is 13.0. The van der Waals surface area contributed by atoms with Gasteiger partial charge in [-0.05, 0) is 55.1 Å². The lowest BCUT2D eigenvalue weighted by molar-refractivity contribution is 0.127.